The number of hydrogen-bond donors (Lipinski definition) is 0. The van der Waals surface area contributed by atoms with Crippen LogP contribution in [0.5, 0.6) is 0 Å². The molecule has 0 aliphatic rings. The molecule has 0 N–H and O–H groups in total. The van der Waals surface area contributed by atoms with Crippen molar-refractivity contribution in [2.75, 3.05) is 6.66 Å². The maximum atomic E-state index is 14.5. The van der Waals surface area contributed by atoms with Gasteiger partial charge in [-0.25, -0.2) is 0 Å². The van der Waals surface area contributed by atoms with Gasteiger partial charge in [0.25, 0.3) is 0 Å². The van der Waals surface area contributed by atoms with Gasteiger partial charge in [0, 0.05) is 27.1 Å². The zero-order chi connectivity index (χ0) is 31.8. The monoisotopic (exact) mass is 639 g/mol. The molecule has 0 fully saturated rings. The molecule has 8 aromatic rings. The molecule has 4 heteroatoms. The van der Waals surface area contributed by atoms with E-state index in [1.54, 1.807) is 0 Å². The summed E-state index contributed by atoms with van der Waals surface area (Å²) in [6.07, 6.45) is 0. The van der Waals surface area contributed by atoms with E-state index in [0.29, 0.717) is 0 Å². The van der Waals surface area contributed by atoms with Crippen LogP contribution in [0.15, 0.2) is 188 Å². The van der Waals surface area contributed by atoms with Crippen molar-refractivity contribution in [2.45, 2.75) is 0 Å². The Labute approximate surface area is 277 Å². The standard InChI is InChI=1S/C43H34NOPSi/c1-46(45,34-19-9-3-10-20-34)35-27-29-42-40(31-35)41-32-39(28-30-43(41)44(42)33-17-7-2-8-18-33)47(36-21-11-4-12-22-36,37-23-13-5-14-24-37)38-25-15-6-16-26-38/h2-32H,1H3. The van der Waals surface area contributed by atoms with Gasteiger partial charge in [-0.3, -0.25) is 0 Å². The Morgan fingerprint density at radius 1 is 0.426 bits per heavy atom. The van der Waals surface area contributed by atoms with Crippen LogP contribution < -0.4 is 31.4 Å². The third-order valence-corrected chi connectivity index (χ3v) is 16.9. The highest BCUT2D eigenvalue weighted by Crippen LogP contribution is 2.41. The fourth-order valence-corrected chi connectivity index (χ4v) is 13.8. The first-order valence-electron chi connectivity index (χ1n) is 16.0. The van der Waals surface area contributed by atoms with Crippen LogP contribution in [0.25, 0.3) is 27.5 Å². The zero-order valence-electron chi connectivity index (χ0n) is 26.2. The lowest BCUT2D eigenvalue weighted by Gasteiger charge is -2.34. The van der Waals surface area contributed by atoms with Gasteiger partial charge in [-0.1, -0.05) is 152 Å². The van der Waals surface area contributed by atoms with Crippen molar-refractivity contribution >= 4 is 68.4 Å². The van der Waals surface area contributed by atoms with Gasteiger partial charge in [-0.2, -0.15) is 0 Å². The molecule has 47 heavy (non-hydrogen) atoms. The van der Waals surface area contributed by atoms with Gasteiger partial charge in [0.2, 0.25) is 0 Å². The predicted molar refractivity (Wildman–Crippen MR) is 204 cm³/mol. The summed E-state index contributed by atoms with van der Waals surface area (Å²) in [7, 11) is -5.57. The molecule has 0 bridgehead atoms. The first-order valence-corrected chi connectivity index (χ1v) is 20.2. The van der Waals surface area contributed by atoms with Crippen LogP contribution >= 0.6 is 7.14 Å². The molecule has 7 aromatic carbocycles. The highest BCUT2D eigenvalue weighted by Gasteiger charge is 2.41. The number of fused-ring (bicyclic) bond motifs is 3. The van der Waals surface area contributed by atoms with Gasteiger partial charge in [0.05, 0.1) is 11.0 Å². The molecule has 0 saturated heterocycles. The van der Waals surface area contributed by atoms with Gasteiger partial charge < -0.3 is 9.13 Å². The molecular formula is C43H34NOPSi. The maximum Gasteiger partial charge on any atom is 0.179 e. The summed E-state index contributed by atoms with van der Waals surface area (Å²) in [6.45, 7) is 1.89. The van der Waals surface area contributed by atoms with Crippen LogP contribution in [0.2, 0.25) is 0 Å². The minimum Gasteiger partial charge on any atom is -0.314 e. The molecule has 2 nitrogen and oxygen atoms in total. The Morgan fingerprint density at radius 2 is 0.851 bits per heavy atom. The van der Waals surface area contributed by atoms with Gasteiger partial charge >= 0.3 is 0 Å². The van der Waals surface area contributed by atoms with E-state index in [2.05, 4.69) is 162 Å². The molecule has 0 aliphatic heterocycles. The van der Waals surface area contributed by atoms with E-state index in [0.717, 1.165) is 38.1 Å². The fourth-order valence-electron chi connectivity index (χ4n) is 7.29. The minimum atomic E-state index is -2.83. The molecule has 1 atom stereocenters. The number of aromatic nitrogens is 1. The number of rotatable bonds is 7. The van der Waals surface area contributed by atoms with Crippen LogP contribution in [0.4, 0.5) is 0 Å². The van der Waals surface area contributed by atoms with Gasteiger partial charge in [0.1, 0.15) is 7.14 Å². The second-order valence-electron chi connectivity index (χ2n) is 12.2. The lowest BCUT2D eigenvalue weighted by molar-refractivity contribution is 0.590. The Bertz CT molecular complexity index is 2280. The molecule has 1 unspecified atom stereocenters. The van der Waals surface area contributed by atoms with Crippen LogP contribution in [0.3, 0.4) is 0 Å². The third kappa shape index (κ3) is 4.82. The Balaban J connectivity index is 1.48. The van der Waals surface area contributed by atoms with Crippen molar-refractivity contribution in [3.8, 4) is 5.69 Å². The largest absolute Gasteiger partial charge is 0.314 e. The van der Waals surface area contributed by atoms with Gasteiger partial charge in [-0.15, -0.1) is 0 Å². The molecular weight excluding hydrogens is 606 g/mol. The van der Waals surface area contributed by atoms with Crippen molar-refractivity contribution in [1.29, 1.82) is 0 Å². The van der Waals surface area contributed by atoms with Crippen molar-refractivity contribution in [3.63, 3.8) is 0 Å². The second kappa shape index (κ2) is 11.9. The van der Waals surface area contributed by atoms with E-state index in [1.165, 1.54) is 20.7 Å². The Kier molecular flexibility index (Phi) is 7.37. The first-order chi connectivity index (χ1) is 23.1. The lowest BCUT2D eigenvalue weighted by atomic mass is 10.1. The van der Waals surface area contributed by atoms with E-state index in [9.17, 15) is 4.57 Å². The molecule has 1 heterocycles. The van der Waals surface area contributed by atoms with E-state index in [1.807, 2.05) is 37.0 Å². The number of benzene rings is 7. The molecule has 0 radical (unpaired) electrons. The first kappa shape index (κ1) is 29.2. The average molecular weight is 640 g/mol. The van der Waals surface area contributed by atoms with Gasteiger partial charge in [0.15, 0.2) is 8.07 Å². The molecule has 0 spiro atoms. The molecule has 8 rings (SSSR count). The molecule has 226 valence electrons. The predicted octanol–water partition coefficient (Wildman–Crippen LogP) is 7.10. The summed E-state index contributed by atoms with van der Waals surface area (Å²) >= 11 is 0. The summed E-state index contributed by atoms with van der Waals surface area (Å²) in [5.41, 5.74) is 3.34. The van der Waals surface area contributed by atoms with Crippen molar-refractivity contribution < 1.29 is 4.57 Å². The van der Waals surface area contributed by atoms with Crippen LogP contribution in [0.1, 0.15) is 0 Å². The van der Waals surface area contributed by atoms with Crippen molar-refractivity contribution in [1.82, 2.24) is 4.57 Å². The summed E-state index contributed by atoms with van der Waals surface area (Å²) in [4.78, 5) is 0. The lowest BCUT2D eigenvalue weighted by Crippen LogP contribution is -2.74. The summed E-state index contributed by atoms with van der Waals surface area (Å²) in [6, 6.07) is 67.0. The van der Waals surface area contributed by atoms with Gasteiger partial charge in [-0.05, 0) is 63.8 Å². The van der Waals surface area contributed by atoms with E-state index in [-0.39, 0.29) is 0 Å². The number of hydrogen-bond acceptors (Lipinski definition) is 1. The van der Waals surface area contributed by atoms with Crippen LogP contribution in [-0.4, -0.2) is 19.3 Å². The van der Waals surface area contributed by atoms with Crippen LogP contribution in [-0.2, 0) is 4.57 Å². The van der Waals surface area contributed by atoms with Crippen molar-refractivity contribution in [3.05, 3.63) is 188 Å². The van der Waals surface area contributed by atoms with E-state index < -0.39 is 15.2 Å². The maximum absolute atomic E-state index is 14.5. The van der Waals surface area contributed by atoms with Crippen molar-refractivity contribution in [2.24, 2.45) is 0 Å². The summed E-state index contributed by atoms with van der Waals surface area (Å²) in [5, 5.41) is 9.34. The number of nitrogens with zero attached hydrogens (tertiary/aromatic N) is 1. The van der Waals surface area contributed by atoms with E-state index >= 15 is 0 Å². The topological polar surface area (TPSA) is 22.0 Å². The molecule has 0 aliphatic carbocycles. The highest BCUT2D eigenvalue weighted by molar-refractivity contribution is 7.78. The highest BCUT2D eigenvalue weighted by atomic mass is 31.2. The van der Waals surface area contributed by atoms with E-state index in [4.69, 9.17) is 0 Å². The average Bonchev–Trinajstić information content (AvgIpc) is 3.47. The zero-order valence-corrected chi connectivity index (χ0v) is 28.1. The number of para-hydroxylation sites is 1. The minimum absolute atomic E-state index is 0.867. The second-order valence-corrected chi connectivity index (χ2v) is 18.9. The molecule has 1 aromatic heterocycles. The molecule has 0 amide bonds. The Morgan fingerprint density at radius 3 is 1.36 bits per heavy atom. The summed E-state index contributed by atoms with van der Waals surface area (Å²) < 4.78 is 16.8. The SMILES string of the molecule is CP(=O)(c1ccccc1)c1ccc2c(c1)c1cc([Si](c3ccccc3)(c3ccccc3)c3ccccc3)ccc1n2-c1ccccc1. The smallest absolute Gasteiger partial charge is 0.179 e. The summed E-state index contributed by atoms with van der Waals surface area (Å²) in [5.74, 6) is 0. The molecule has 0 saturated carbocycles. The third-order valence-electron chi connectivity index (χ3n) is 9.56. The Hall–Kier alpha value is -5.21. The fraction of sp³-hybridized carbons (Fsp3) is 0.0233. The van der Waals surface area contributed by atoms with Crippen LogP contribution in [0, 0.1) is 0 Å². The quantitative estimate of drug-likeness (QED) is 0.104. The normalized spacial score (nSPS) is 13.0.